The summed E-state index contributed by atoms with van der Waals surface area (Å²) in [6.45, 7) is 9.20. The molecule has 10 unspecified atom stereocenters. The lowest BCUT2D eigenvalue weighted by atomic mass is 9.43. The SMILES string of the molecule is CC/C=C\C/C=C\C/C=C\C/C=C\C/C=C\CCCCCC(=O)OC1CCC2(C)C(CCC3C2CC(O)C2(C)C(C(C)CCC(=O)O)CCC32)C1. The third-order valence-corrected chi connectivity index (χ3v) is 14.0. The van der Waals surface area contributed by atoms with Gasteiger partial charge >= 0.3 is 11.9 Å². The maximum atomic E-state index is 12.8. The van der Waals surface area contributed by atoms with E-state index in [1.54, 1.807) is 0 Å². The Morgan fingerprint density at radius 3 is 2.06 bits per heavy atom. The Morgan fingerprint density at radius 1 is 0.765 bits per heavy atom. The van der Waals surface area contributed by atoms with Crippen LogP contribution >= 0.6 is 0 Å². The number of carboxylic acids is 1. The molecule has 10 atom stereocenters. The Labute approximate surface area is 311 Å². The molecule has 51 heavy (non-hydrogen) atoms. The molecule has 4 aliphatic rings. The second-order valence-electron chi connectivity index (χ2n) is 17.1. The number of aliphatic carboxylic acids is 1. The van der Waals surface area contributed by atoms with Crippen molar-refractivity contribution in [2.24, 2.45) is 46.3 Å². The molecule has 0 amide bonds. The molecule has 0 bridgehead atoms. The number of carbonyl (C=O) groups is 2. The van der Waals surface area contributed by atoms with Crippen molar-refractivity contribution in [2.45, 2.75) is 168 Å². The summed E-state index contributed by atoms with van der Waals surface area (Å²) in [6, 6.07) is 0. The van der Waals surface area contributed by atoms with Crippen molar-refractivity contribution in [2.75, 3.05) is 0 Å². The average molecular weight is 705 g/mol. The minimum Gasteiger partial charge on any atom is -0.481 e. The summed E-state index contributed by atoms with van der Waals surface area (Å²) in [5.74, 6) is 2.23. The number of ether oxygens (including phenoxy) is 1. The molecule has 0 aromatic rings. The molecule has 4 aliphatic carbocycles. The molecule has 4 saturated carbocycles. The third-order valence-electron chi connectivity index (χ3n) is 14.0. The molecule has 0 spiro atoms. The molecule has 0 aliphatic heterocycles. The Bertz CT molecular complexity index is 1230. The van der Waals surface area contributed by atoms with Crippen LogP contribution in [0.2, 0.25) is 0 Å². The zero-order chi connectivity index (χ0) is 36.7. The van der Waals surface area contributed by atoms with Crippen LogP contribution in [-0.4, -0.2) is 34.4 Å². The summed E-state index contributed by atoms with van der Waals surface area (Å²) in [5, 5.41) is 21.1. The van der Waals surface area contributed by atoms with E-state index in [1.807, 2.05) is 0 Å². The van der Waals surface area contributed by atoms with Crippen molar-refractivity contribution in [3.8, 4) is 0 Å². The number of rotatable bonds is 20. The first kappa shape index (κ1) is 41.4. The number of hydrogen-bond donors (Lipinski definition) is 2. The van der Waals surface area contributed by atoms with Crippen LogP contribution < -0.4 is 0 Å². The van der Waals surface area contributed by atoms with Crippen molar-refractivity contribution >= 4 is 11.9 Å². The lowest BCUT2D eigenvalue weighted by molar-refractivity contribution is -0.181. The van der Waals surface area contributed by atoms with E-state index in [1.165, 1.54) is 19.3 Å². The number of aliphatic hydroxyl groups excluding tert-OH is 1. The Balaban J connectivity index is 1.09. The summed E-state index contributed by atoms with van der Waals surface area (Å²) in [7, 11) is 0. The maximum absolute atomic E-state index is 12.8. The van der Waals surface area contributed by atoms with Gasteiger partial charge in [0.2, 0.25) is 0 Å². The predicted molar refractivity (Wildman–Crippen MR) is 210 cm³/mol. The minimum atomic E-state index is -0.716. The molecule has 2 N–H and O–H groups in total. The van der Waals surface area contributed by atoms with E-state index >= 15 is 0 Å². The van der Waals surface area contributed by atoms with Crippen molar-refractivity contribution in [1.82, 2.24) is 0 Å². The van der Waals surface area contributed by atoms with Crippen LogP contribution in [0.15, 0.2) is 60.8 Å². The lowest BCUT2D eigenvalue weighted by Gasteiger charge is -2.62. The molecule has 0 heterocycles. The number of esters is 1. The Kier molecular flexibility index (Phi) is 16.8. The zero-order valence-electron chi connectivity index (χ0n) is 32.7. The fourth-order valence-corrected chi connectivity index (χ4v) is 11.1. The maximum Gasteiger partial charge on any atom is 0.306 e. The molecule has 4 rings (SSSR count). The molecule has 5 heteroatoms. The van der Waals surface area contributed by atoms with E-state index in [0.717, 1.165) is 89.9 Å². The van der Waals surface area contributed by atoms with Gasteiger partial charge in [-0.25, -0.2) is 0 Å². The highest BCUT2D eigenvalue weighted by Gasteiger charge is 2.63. The molecule has 0 aromatic carbocycles. The first-order valence-corrected chi connectivity index (χ1v) is 21.0. The van der Waals surface area contributed by atoms with E-state index < -0.39 is 5.97 Å². The standard InChI is InChI=1S/C46H72O5/c1-5-6-7-8-9-10-11-12-13-14-15-16-17-18-19-20-21-22-23-24-44(50)51-37-31-32-45(3)36(33-37)26-27-38-40-29-28-39(35(2)25-30-43(48)49)46(40,4)42(47)34-41(38)45/h6-7,9-10,12-13,15-16,18-19,35-42,47H,5,8,11,14,17,20-34H2,1-4H3,(H,48,49)/b7-6-,10-9-,13-12-,16-15-,19-18-. The van der Waals surface area contributed by atoms with Gasteiger partial charge in [-0.2, -0.15) is 0 Å². The van der Waals surface area contributed by atoms with E-state index in [4.69, 9.17) is 4.74 Å². The number of unbranched alkanes of at least 4 members (excludes halogenated alkanes) is 3. The van der Waals surface area contributed by atoms with Crippen LogP contribution in [-0.2, 0) is 14.3 Å². The fourth-order valence-electron chi connectivity index (χ4n) is 11.1. The monoisotopic (exact) mass is 705 g/mol. The minimum absolute atomic E-state index is 0.0231. The number of fused-ring (bicyclic) bond motifs is 5. The Hall–Kier alpha value is -2.40. The summed E-state index contributed by atoms with van der Waals surface area (Å²) in [6.07, 6.45) is 41.2. The largest absolute Gasteiger partial charge is 0.481 e. The molecule has 0 aromatic heterocycles. The van der Waals surface area contributed by atoms with Gasteiger partial charge in [-0.3, -0.25) is 9.59 Å². The summed E-state index contributed by atoms with van der Waals surface area (Å²) in [5.41, 5.74) is 0.0917. The van der Waals surface area contributed by atoms with Crippen LogP contribution in [0, 0.1) is 46.3 Å². The van der Waals surface area contributed by atoms with Crippen LogP contribution in [0.3, 0.4) is 0 Å². The van der Waals surface area contributed by atoms with Crippen LogP contribution in [0.1, 0.15) is 156 Å². The first-order valence-electron chi connectivity index (χ1n) is 21.0. The lowest BCUT2D eigenvalue weighted by Crippen LogP contribution is -2.59. The normalized spacial score (nSPS) is 34.4. The van der Waals surface area contributed by atoms with Gasteiger partial charge in [0, 0.05) is 12.8 Å². The van der Waals surface area contributed by atoms with Crippen molar-refractivity contribution in [3.05, 3.63) is 60.8 Å². The number of carbonyl (C=O) groups excluding carboxylic acids is 1. The number of aliphatic hydroxyl groups is 1. The van der Waals surface area contributed by atoms with Gasteiger partial charge in [0.1, 0.15) is 6.10 Å². The summed E-state index contributed by atoms with van der Waals surface area (Å²) < 4.78 is 6.08. The number of hydrogen-bond acceptors (Lipinski definition) is 4. The molecule has 0 saturated heterocycles. The van der Waals surface area contributed by atoms with Crippen molar-refractivity contribution < 1.29 is 24.5 Å². The van der Waals surface area contributed by atoms with E-state index in [2.05, 4.69) is 88.5 Å². The third kappa shape index (κ3) is 11.3. The van der Waals surface area contributed by atoms with E-state index in [9.17, 15) is 19.8 Å². The van der Waals surface area contributed by atoms with Gasteiger partial charge < -0.3 is 14.9 Å². The molecular weight excluding hydrogens is 633 g/mol. The highest BCUT2D eigenvalue weighted by atomic mass is 16.5. The fraction of sp³-hybridized carbons (Fsp3) is 0.739. The second kappa shape index (κ2) is 20.7. The molecule has 4 fully saturated rings. The quantitative estimate of drug-likeness (QED) is 0.0749. The predicted octanol–water partition coefficient (Wildman–Crippen LogP) is 11.7. The zero-order valence-corrected chi connectivity index (χ0v) is 32.7. The van der Waals surface area contributed by atoms with Gasteiger partial charge in [-0.1, -0.05) is 94.9 Å². The van der Waals surface area contributed by atoms with Crippen molar-refractivity contribution in [3.63, 3.8) is 0 Å². The average Bonchev–Trinajstić information content (AvgIpc) is 3.47. The Morgan fingerprint density at radius 2 is 1.41 bits per heavy atom. The van der Waals surface area contributed by atoms with Gasteiger partial charge in [0.25, 0.3) is 0 Å². The molecular formula is C46H72O5. The number of carboxylic acid groups (broad SMARTS) is 1. The molecule has 5 nitrogen and oxygen atoms in total. The highest BCUT2D eigenvalue weighted by Crippen LogP contribution is 2.68. The van der Waals surface area contributed by atoms with Gasteiger partial charge in [0.15, 0.2) is 0 Å². The van der Waals surface area contributed by atoms with Crippen LogP contribution in [0.25, 0.3) is 0 Å². The number of allylic oxidation sites excluding steroid dienone is 10. The summed E-state index contributed by atoms with van der Waals surface area (Å²) >= 11 is 0. The summed E-state index contributed by atoms with van der Waals surface area (Å²) in [4.78, 5) is 24.1. The van der Waals surface area contributed by atoms with Gasteiger partial charge in [0.05, 0.1) is 6.10 Å². The van der Waals surface area contributed by atoms with Crippen molar-refractivity contribution in [1.29, 1.82) is 0 Å². The van der Waals surface area contributed by atoms with Gasteiger partial charge in [-0.15, -0.1) is 0 Å². The van der Waals surface area contributed by atoms with Crippen LogP contribution in [0.4, 0.5) is 0 Å². The second-order valence-corrected chi connectivity index (χ2v) is 17.1. The van der Waals surface area contributed by atoms with Crippen LogP contribution in [0.5, 0.6) is 0 Å². The van der Waals surface area contributed by atoms with Gasteiger partial charge in [-0.05, 0) is 155 Å². The highest BCUT2D eigenvalue weighted by molar-refractivity contribution is 5.69. The van der Waals surface area contributed by atoms with E-state index in [0.29, 0.717) is 48.3 Å². The molecule has 0 radical (unpaired) electrons. The smallest absolute Gasteiger partial charge is 0.306 e. The molecule has 286 valence electrons. The van der Waals surface area contributed by atoms with E-state index in [-0.39, 0.29) is 35.4 Å². The topological polar surface area (TPSA) is 83.8 Å². The first-order chi connectivity index (χ1) is 24.6.